The number of H-pyrrole nitrogens is 1. The van der Waals surface area contributed by atoms with Gasteiger partial charge in [-0.3, -0.25) is 28.8 Å². The van der Waals surface area contributed by atoms with Gasteiger partial charge in [0.15, 0.2) is 0 Å². The summed E-state index contributed by atoms with van der Waals surface area (Å²) in [5.74, 6) is -7.01. The van der Waals surface area contributed by atoms with Crippen molar-refractivity contribution < 1.29 is 48.9 Å². The first kappa shape index (κ1) is 48.5. The third-order valence-electron chi connectivity index (χ3n) is 9.21. The quantitative estimate of drug-likeness (QED) is 0.0514. The Morgan fingerprint density at radius 3 is 1.74 bits per heavy atom. The number of carboxylic acid groups (broad SMARTS) is 1. The van der Waals surface area contributed by atoms with Gasteiger partial charge in [0.25, 0.3) is 0 Å². The summed E-state index contributed by atoms with van der Waals surface area (Å²) in [4.78, 5) is 98.7. The van der Waals surface area contributed by atoms with Gasteiger partial charge >= 0.3 is 5.97 Å². The molecule has 14 N–H and O–H groups in total. The van der Waals surface area contributed by atoms with Crippen LogP contribution in [0.2, 0.25) is 0 Å². The minimum absolute atomic E-state index is 0.0252. The third kappa shape index (κ3) is 15.7. The lowest BCUT2D eigenvalue weighted by Crippen LogP contribution is -2.62. The molecule has 0 bridgehead atoms. The summed E-state index contributed by atoms with van der Waals surface area (Å²) >= 11 is 0. The van der Waals surface area contributed by atoms with Crippen LogP contribution in [-0.4, -0.2) is 122 Å². The van der Waals surface area contributed by atoms with Crippen LogP contribution in [0.4, 0.5) is 0 Å². The van der Waals surface area contributed by atoms with E-state index < -0.39 is 102 Å². The molecule has 0 fully saturated rings. The van der Waals surface area contributed by atoms with E-state index >= 15 is 0 Å². The summed E-state index contributed by atoms with van der Waals surface area (Å²) < 4.78 is 0. The standard InChI is InChI=1S/C38H60N10O10/c1-19(2)29(35(54)44-27(38(57)58)9-7-8-14-39)47-36(55)30(20(3)4)46-32(51)21(5)43-37(56)31(22(6)49)48-34(53)28(15-23-10-12-25(50)13-11-23)45-33(52)26(40)16-24-17-41-18-42-24/h10-13,17-22,26-31,49-50H,7-9,14-16,39-40H2,1-6H3,(H,41,42)(H,43,56)(H,44,54)(H,45,52)(H,46,51)(H,47,55)(H,48,53)(H,57,58)/t21-,22+,26-,27-,28-,29-,30-,31-/m0/s1. The van der Waals surface area contributed by atoms with Crippen molar-refractivity contribution in [3.05, 3.63) is 48.0 Å². The van der Waals surface area contributed by atoms with Crippen LogP contribution >= 0.6 is 0 Å². The fourth-order valence-electron chi connectivity index (χ4n) is 5.71. The van der Waals surface area contributed by atoms with Crippen LogP contribution in [0.15, 0.2) is 36.8 Å². The van der Waals surface area contributed by atoms with Crippen LogP contribution in [0, 0.1) is 11.8 Å². The molecule has 20 nitrogen and oxygen atoms in total. The van der Waals surface area contributed by atoms with E-state index in [2.05, 4.69) is 41.9 Å². The number of unbranched alkanes of at least 4 members (excludes halogenated alkanes) is 1. The molecule has 2 rings (SSSR count). The van der Waals surface area contributed by atoms with E-state index in [1.807, 2.05) is 0 Å². The van der Waals surface area contributed by atoms with Gasteiger partial charge in [-0.25, -0.2) is 9.78 Å². The Morgan fingerprint density at radius 1 is 0.690 bits per heavy atom. The van der Waals surface area contributed by atoms with Crippen molar-refractivity contribution in [1.29, 1.82) is 0 Å². The molecule has 1 aromatic carbocycles. The van der Waals surface area contributed by atoms with Crippen molar-refractivity contribution in [3.63, 3.8) is 0 Å². The van der Waals surface area contributed by atoms with E-state index in [9.17, 15) is 48.9 Å². The molecule has 0 aliphatic carbocycles. The van der Waals surface area contributed by atoms with E-state index in [1.165, 1.54) is 50.6 Å². The fraction of sp³-hybridized carbons (Fsp3) is 0.579. The molecule has 1 heterocycles. The molecule has 6 amide bonds. The van der Waals surface area contributed by atoms with Gasteiger partial charge in [-0.05, 0) is 69.2 Å². The summed E-state index contributed by atoms with van der Waals surface area (Å²) in [6, 6.07) is -2.98. The summed E-state index contributed by atoms with van der Waals surface area (Å²) in [5.41, 5.74) is 12.7. The number of hydrogen-bond acceptors (Lipinski definition) is 12. The number of imidazole rings is 1. The summed E-state index contributed by atoms with van der Waals surface area (Å²) in [7, 11) is 0. The van der Waals surface area contributed by atoms with Gasteiger partial charge in [0, 0.05) is 24.7 Å². The highest BCUT2D eigenvalue weighted by Gasteiger charge is 2.35. The number of carbonyl (C=O) groups is 7. The number of aliphatic hydroxyl groups excluding tert-OH is 1. The fourth-order valence-corrected chi connectivity index (χ4v) is 5.71. The van der Waals surface area contributed by atoms with Crippen LogP contribution in [0.1, 0.15) is 72.1 Å². The first-order chi connectivity index (χ1) is 27.2. The zero-order valence-electron chi connectivity index (χ0n) is 33.8. The van der Waals surface area contributed by atoms with Crippen molar-refractivity contribution in [2.75, 3.05) is 6.54 Å². The van der Waals surface area contributed by atoms with E-state index in [4.69, 9.17) is 11.5 Å². The Morgan fingerprint density at radius 2 is 1.22 bits per heavy atom. The lowest BCUT2D eigenvalue weighted by molar-refractivity contribution is -0.143. The molecule has 0 aliphatic heterocycles. The van der Waals surface area contributed by atoms with E-state index in [0.717, 1.165) is 0 Å². The molecule has 0 aliphatic rings. The number of rotatable bonds is 24. The van der Waals surface area contributed by atoms with Crippen molar-refractivity contribution in [2.24, 2.45) is 23.3 Å². The average molecular weight is 817 g/mol. The van der Waals surface area contributed by atoms with E-state index in [-0.39, 0.29) is 25.0 Å². The second kappa shape index (κ2) is 23.6. The maximum atomic E-state index is 13.6. The number of carboxylic acids is 1. The highest BCUT2D eigenvalue weighted by atomic mass is 16.4. The van der Waals surface area contributed by atoms with Crippen LogP contribution in [-0.2, 0) is 46.4 Å². The lowest BCUT2D eigenvalue weighted by atomic mass is 9.98. The second-order valence-corrected chi connectivity index (χ2v) is 14.9. The number of benzene rings is 1. The van der Waals surface area contributed by atoms with Crippen molar-refractivity contribution in [1.82, 2.24) is 41.9 Å². The molecule has 1 aromatic heterocycles. The second-order valence-electron chi connectivity index (χ2n) is 14.9. The summed E-state index contributed by atoms with van der Waals surface area (Å²) in [6.45, 7) is 9.53. The van der Waals surface area contributed by atoms with Gasteiger partial charge in [0.05, 0.1) is 18.5 Å². The molecule has 58 heavy (non-hydrogen) atoms. The smallest absolute Gasteiger partial charge is 0.326 e. The third-order valence-corrected chi connectivity index (χ3v) is 9.21. The Labute approximate surface area is 337 Å². The maximum absolute atomic E-state index is 13.6. The van der Waals surface area contributed by atoms with Crippen LogP contribution in [0.3, 0.4) is 0 Å². The predicted octanol–water partition coefficient (Wildman–Crippen LogP) is -1.94. The normalized spacial score (nSPS) is 15.4. The molecule has 0 radical (unpaired) electrons. The molecule has 0 spiro atoms. The number of carbonyl (C=O) groups excluding carboxylic acids is 6. The Hall–Kier alpha value is -5.60. The van der Waals surface area contributed by atoms with E-state index in [0.29, 0.717) is 30.6 Å². The van der Waals surface area contributed by atoms with Gasteiger partial charge in [-0.2, -0.15) is 0 Å². The number of aromatic nitrogens is 2. The number of hydrogen-bond donors (Lipinski definition) is 12. The number of nitrogens with one attached hydrogen (secondary N) is 7. The first-order valence-electron chi connectivity index (χ1n) is 19.2. The van der Waals surface area contributed by atoms with Crippen LogP contribution in [0.5, 0.6) is 5.75 Å². The number of aromatic hydroxyl groups is 1. The lowest BCUT2D eigenvalue weighted by Gasteiger charge is -2.29. The van der Waals surface area contributed by atoms with E-state index in [1.54, 1.807) is 27.7 Å². The minimum atomic E-state index is -1.61. The molecular weight excluding hydrogens is 756 g/mol. The highest BCUT2D eigenvalue weighted by Crippen LogP contribution is 2.13. The highest BCUT2D eigenvalue weighted by molar-refractivity contribution is 5.97. The number of phenolic OH excluding ortho intramolecular Hbond substituents is 1. The maximum Gasteiger partial charge on any atom is 0.326 e. The number of aliphatic carboxylic acids is 1. The number of nitrogens with zero attached hydrogens (tertiary/aromatic N) is 1. The number of aromatic amines is 1. The number of nitrogens with two attached hydrogens (primary N) is 2. The molecule has 0 saturated carbocycles. The molecule has 8 atom stereocenters. The Kier molecular flexibility index (Phi) is 19.7. The van der Waals surface area contributed by atoms with Crippen molar-refractivity contribution in [3.8, 4) is 5.75 Å². The van der Waals surface area contributed by atoms with Crippen LogP contribution in [0.25, 0.3) is 0 Å². The van der Waals surface area contributed by atoms with Gasteiger partial charge < -0.3 is 63.7 Å². The first-order valence-corrected chi connectivity index (χ1v) is 19.2. The molecular formula is C38H60N10O10. The average Bonchev–Trinajstić information content (AvgIpc) is 3.67. The molecule has 0 saturated heterocycles. The van der Waals surface area contributed by atoms with Crippen molar-refractivity contribution in [2.45, 2.75) is 122 Å². The number of amides is 6. The SMILES string of the molecule is CC(C)[C@H](NC(=O)[C@H](C)NC(=O)[C@@H](NC(=O)[C@H](Cc1ccc(O)cc1)NC(=O)[C@@H](N)Cc1cnc[nH]1)[C@@H](C)O)C(=O)N[C@H](C(=O)N[C@@H](CCCCN)C(=O)O)C(C)C. The topological polar surface area (TPSA) is 333 Å². The number of phenols is 1. The van der Waals surface area contributed by atoms with Gasteiger partial charge in [-0.15, -0.1) is 0 Å². The zero-order chi connectivity index (χ0) is 43.7. The zero-order valence-corrected chi connectivity index (χ0v) is 33.8. The minimum Gasteiger partial charge on any atom is -0.508 e. The number of aliphatic hydroxyl groups is 1. The Bertz CT molecular complexity index is 1670. The summed E-state index contributed by atoms with van der Waals surface area (Å²) in [5, 5.41) is 45.0. The summed E-state index contributed by atoms with van der Waals surface area (Å²) in [6.07, 6.45) is 2.60. The van der Waals surface area contributed by atoms with Gasteiger partial charge in [-0.1, -0.05) is 39.8 Å². The largest absolute Gasteiger partial charge is 0.508 e. The van der Waals surface area contributed by atoms with Crippen molar-refractivity contribution >= 4 is 41.4 Å². The molecule has 20 heteroatoms. The van der Waals surface area contributed by atoms with Gasteiger partial charge in [0.1, 0.15) is 42.0 Å². The molecule has 2 aromatic rings. The predicted molar refractivity (Wildman–Crippen MR) is 211 cm³/mol. The van der Waals surface area contributed by atoms with Crippen LogP contribution < -0.4 is 43.4 Å². The Balaban J connectivity index is 2.15. The molecule has 322 valence electrons. The monoisotopic (exact) mass is 816 g/mol. The van der Waals surface area contributed by atoms with Gasteiger partial charge in [0.2, 0.25) is 35.4 Å². The molecule has 0 unspecified atom stereocenters.